The van der Waals surface area contributed by atoms with Crippen LogP contribution in [0.15, 0.2) is 48.5 Å². The maximum atomic E-state index is 12.7. The van der Waals surface area contributed by atoms with E-state index in [1.807, 2.05) is 6.92 Å². The molecule has 1 atom stereocenters. The summed E-state index contributed by atoms with van der Waals surface area (Å²) in [4.78, 5) is 10.9. The second-order valence-electron chi connectivity index (χ2n) is 7.23. The Labute approximate surface area is 172 Å². The highest BCUT2D eigenvalue weighted by atomic mass is 31.0. The third-order valence-electron chi connectivity index (χ3n) is 4.63. The van der Waals surface area contributed by atoms with Crippen LogP contribution < -0.4 is 10.1 Å². The van der Waals surface area contributed by atoms with Gasteiger partial charge in [-0.3, -0.25) is 4.79 Å². The van der Waals surface area contributed by atoms with E-state index in [0.29, 0.717) is 5.75 Å². The number of amides is 1. The summed E-state index contributed by atoms with van der Waals surface area (Å²) in [6.07, 6.45) is 3.88. The van der Waals surface area contributed by atoms with E-state index >= 15 is 0 Å². The highest BCUT2D eigenvalue weighted by molar-refractivity contribution is 7.17. The number of carbonyl (C=O) groups excluding carboxylic acids is 1. The Morgan fingerprint density at radius 1 is 1.03 bits per heavy atom. The fraction of sp³-hybridized carbons (Fsp3) is 0.409. The lowest BCUT2D eigenvalue weighted by molar-refractivity contribution is -0.120. The molecule has 2 aromatic rings. The molecule has 1 saturated carbocycles. The van der Waals surface area contributed by atoms with Gasteiger partial charge < -0.3 is 10.1 Å². The van der Waals surface area contributed by atoms with Crippen molar-refractivity contribution in [2.75, 3.05) is 0 Å². The molecular weight excluding hydrogens is 398 g/mol. The van der Waals surface area contributed by atoms with Gasteiger partial charge in [-0.2, -0.15) is 8.78 Å². The van der Waals surface area contributed by atoms with Crippen LogP contribution in [0.25, 0.3) is 0 Å². The van der Waals surface area contributed by atoms with Crippen molar-refractivity contribution in [2.45, 2.75) is 57.3 Å². The van der Waals surface area contributed by atoms with Crippen LogP contribution in [0, 0.1) is 12.7 Å². The Bertz CT molecular complexity index is 768. The van der Waals surface area contributed by atoms with Gasteiger partial charge in [-0.05, 0) is 56.9 Å². The lowest BCUT2D eigenvalue weighted by atomic mass is 9.93. The maximum absolute atomic E-state index is 12.7. The number of halogens is 3. The van der Waals surface area contributed by atoms with Gasteiger partial charge in [-0.1, -0.05) is 39.1 Å². The molecule has 0 spiro atoms. The summed E-state index contributed by atoms with van der Waals surface area (Å²) in [6, 6.07) is 12.6. The number of nitrogens with one attached hydrogen (secondary N) is 1. The van der Waals surface area contributed by atoms with Crippen molar-refractivity contribution in [3.63, 3.8) is 0 Å². The summed E-state index contributed by atoms with van der Waals surface area (Å²) in [5.41, 5.74) is -1.77. The highest BCUT2D eigenvalue weighted by Gasteiger charge is 2.24. The fourth-order valence-electron chi connectivity index (χ4n) is 3.09. The van der Waals surface area contributed by atoms with Crippen molar-refractivity contribution in [3.05, 3.63) is 65.5 Å². The number of aryl methyl sites for hydroxylation is 1. The van der Waals surface area contributed by atoms with E-state index in [4.69, 9.17) is 4.74 Å². The van der Waals surface area contributed by atoms with Gasteiger partial charge in [0.1, 0.15) is 11.6 Å². The minimum atomic E-state index is -2.80. The second-order valence-corrected chi connectivity index (χ2v) is 7.96. The van der Waals surface area contributed by atoms with Crippen LogP contribution in [-0.4, -0.2) is 18.1 Å². The van der Waals surface area contributed by atoms with Gasteiger partial charge in [-0.25, -0.2) is 4.39 Å². The molecule has 0 bridgehead atoms. The molecular formula is C22H27F3NO2P. The number of benzene rings is 2. The smallest absolute Gasteiger partial charge is 0.283 e. The minimum Gasteiger partial charge on any atom is -0.490 e. The lowest BCUT2D eigenvalue weighted by Gasteiger charge is -2.29. The van der Waals surface area contributed by atoms with Gasteiger partial charge >= 0.3 is 0 Å². The largest absolute Gasteiger partial charge is 0.490 e. The average molecular weight is 425 g/mol. The number of hydrogen-bond acceptors (Lipinski definition) is 2. The number of hydrogen-bond donors (Lipinski definition) is 1. The monoisotopic (exact) mass is 425 g/mol. The predicted octanol–water partition coefficient (Wildman–Crippen LogP) is 5.57. The molecule has 0 heterocycles. The molecule has 29 heavy (non-hydrogen) atoms. The molecule has 3 rings (SSSR count). The normalized spacial score (nSPS) is 19.0. The van der Waals surface area contributed by atoms with Crippen molar-refractivity contribution in [2.24, 2.45) is 0 Å². The summed E-state index contributed by atoms with van der Waals surface area (Å²) in [6.45, 7) is 3.41. The van der Waals surface area contributed by atoms with Crippen molar-refractivity contribution < 1.29 is 22.7 Å². The molecule has 0 radical (unpaired) electrons. The van der Waals surface area contributed by atoms with Crippen LogP contribution in [0.3, 0.4) is 0 Å². The predicted molar refractivity (Wildman–Crippen MR) is 112 cm³/mol. The Morgan fingerprint density at radius 2 is 1.59 bits per heavy atom. The van der Waals surface area contributed by atoms with Crippen molar-refractivity contribution in [3.8, 4) is 5.75 Å². The molecule has 7 heteroatoms. The van der Waals surface area contributed by atoms with Gasteiger partial charge in [-0.15, -0.1) is 0 Å². The standard InChI is InChI=1S/C14H18FNO2.C8H9F2P/c1-10(17)16-12-4-8-14(9-5-12)18-13-6-2-11(15)3-7-13;1-6-2-4-7(5-3-6)8(9,10)11/h2-3,6-7,12,14H,4-5,8-9H2,1H3,(H,16,17);2-5H,11H2,1H3. The lowest BCUT2D eigenvalue weighted by Crippen LogP contribution is -2.38. The van der Waals surface area contributed by atoms with Gasteiger partial charge in [0.15, 0.2) is 0 Å². The Morgan fingerprint density at radius 3 is 2.07 bits per heavy atom. The van der Waals surface area contributed by atoms with E-state index in [0.717, 1.165) is 31.2 Å². The Balaban J connectivity index is 0.000000234. The SMILES string of the molecule is CC(=O)NC1CCC(Oc2ccc(F)cc2)CC1.Cc1ccc(C(F)(F)P)cc1. The number of alkyl halides is 2. The van der Waals surface area contributed by atoms with Crippen molar-refractivity contribution in [1.82, 2.24) is 5.32 Å². The molecule has 0 saturated heterocycles. The van der Waals surface area contributed by atoms with Crippen molar-refractivity contribution >= 4 is 15.1 Å². The molecule has 1 amide bonds. The Kier molecular flexibility index (Phi) is 8.51. The minimum absolute atomic E-state index is 0.0258. The van der Waals surface area contributed by atoms with Gasteiger partial charge in [0.25, 0.3) is 5.66 Å². The quantitative estimate of drug-likeness (QED) is 0.651. The van der Waals surface area contributed by atoms with E-state index in [1.54, 1.807) is 31.2 Å². The van der Waals surface area contributed by atoms with Crippen LogP contribution >= 0.6 is 9.24 Å². The summed E-state index contributed by atoms with van der Waals surface area (Å²) in [5, 5.41) is 2.93. The summed E-state index contributed by atoms with van der Waals surface area (Å²) in [5.74, 6) is 0.481. The molecule has 1 N–H and O–H groups in total. The first-order valence-electron chi connectivity index (χ1n) is 9.56. The number of ether oxygens (including phenoxy) is 1. The number of rotatable bonds is 4. The van der Waals surface area contributed by atoms with Crippen LogP contribution in [0.4, 0.5) is 13.2 Å². The maximum Gasteiger partial charge on any atom is 0.283 e. The molecule has 3 nitrogen and oxygen atoms in total. The topological polar surface area (TPSA) is 38.3 Å². The summed E-state index contributed by atoms with van der Waals surface area (Å²) >= 11 is 0. The zero-order valence-corrected chi connectivity index (χ0v) is 17.8. The molecule has 1 fully saturated rings. The zero-order chi connectivity index (χ0) is 21.4. The van der Waals surface area contributed by atoms with E-state index in [-0.39, 0.29) is 29.4 Å². The first kappa shape index (κ1) is 23.2. The summed E-state index contributed by atoms with van der Waals surface area (Å²) < 4.78 is 43.6. The molecule has 0 aromatic heterocycles. The Hall–Kier alpha value is -2.07. The number of carbonyl (C=O) groups is 1. The highest BCUT2D eigenvalue weighted by Crippen LogP contribution is 2.34. The molecule has 1 aliphatic carbocycles. The van der Waals surface area contributed by atoms with Gasteiger partial charge in [0.2, 0.25) is 5.91 Å². The third kappa shape index (κ3) is 8.45. The molecule has 1 aliphatic rings. The molecule has 0 aliphatic heterocycles. The van der Waals surface area contributed by atoms with E-state index in [9.17, 15) is 18.0 Å². The first-order valence-corrected chi connectivity index (χ1v) is 10.1. The van der Waals surface area contributed by atoms with Crippen molar-refractivity contribution in [1.29, 1.82) is 0 Å². The van der Waals surface area contributed by atoms with E-state index in [1.165, 1.54) is 33.5 Å². The first-order chi connectivity index (χ1) is 13.6. The second kappa shape index (κ2) is 10.6. The van der Waals surface area contributed by atoms with E-state index in [2.05, 4.69) is 5.32 Å². The van der Waals surface area contributed by atoms with Crippen LogP contribution in [0.1, 0.15) is 43.7 Å². The average Bonchev–Trinajstić information content (AvgIpc) is 2.65. The molecule has 2 aromatic carbocycles. The molecule has 158 valence electrons. The van der Waals surface area contributed by atoms with E-state index < -0.39 is 5.66 Å². The van der Waals surface area contributed by atoms with Gasteiger partial charge in [0, 0.05) is 18.5 Å². The zero-order valence-electron chi connectivity index (χ0n) is 16.6. The van der Waals surface area contributed by atoms with Crippen LogP contribution in [0.5, 0.6) is 5.75 Å². The fourth-order valence-corrected chi connectivity index (χ4v) is 3.29. The van der Waals surface area contributed by atoms with Gasteiger partial charge in [0.05, 0.1) is 6.10 Å². The third-order valence-corrected chi connectivity index (χ3v) is 4.97. The summed E-state index contributed by atoms with van der Waals surface area (Å²) in [7, 11) is 1.51. The van der Waals surface area contributed by atoms with Crippen LogP contribution in [0.2, 0.25) is 0 Å². The molecule has 1 unspecified atom stereocenters. The van der Waals surface area contributed by atoms with Crippen LogP contribution in [-0.2, 0) is 10.5 Å².